The number of ether oxygens (including phenoxy) is 4. The Balaban J connectivity index is 1.59. The van der Waals surface area contributed by atoms with E-state index in [1.165, 1.54) is 0 Å². The van der Waals surface area contributed by atoms with Gasteiger partial charge in [-0.3, -0.25) is 0 Å². The largest absolute Gasteiger partial charge is 0.451 e. The lowest BCUT2D eigenvalue weighted by molar-refractivity contribution is -0.194. The maximum Gasteiger partial charge on any atom is 0.336 e. The first kappa shape index (κ1) is 32.3. The lowest BCUT2D eigenvalue weighted by Crippen LogP contribution is -2.69. The van der Waals surface area contributed by atoms with E-state index in [1.807, 2.05) is 62.4 Å². The molecule has 0 N–H and O–H groups in total. The van der Waals surface area contributed by atoms with Crippen LogP contribution in [0, 0.1) is 5.92 Å². The molecule has 2 heterocycles. The zero-order valence-electron chi connectivity index (χ0n) is 26.7. The van der Waals surface area contributed by atoms with E-state index in [0.29, 0.717) is 19.4 Å². The Bertz CT molecular complexity index is 1350. The summed E-state index contributed by atoms with van der Waals surface area (Å²) in [6.45, 7) is 15.2. The van der Waals surface area contributed by atoms with Crippen molar-refractivity contribution in [1.82, 2.24) is 0 Å². The fourth-order valence-corrected chi connectivity index (χ4v) is 11.4. The van der Waals surface area contributed by atoms with E-state index in [9.17, 15) is 4.79 Å². The monoisotopic (exact) mass is 614 g/mol. The first-order valence-electron chi connectivity index (χ1n) is 15.6. The fraction of sp³-hybridized carbons (Fsp3) is 0.432. The van der Waals surface area contributed by atoms with E-state index in [1.54, 1.807) is 0 Å². The summed E-state index contributed by atoms with van der Waals surface area (Å²) < 4.78 is 33.0. The van der Waals surface area contributed by atoms with E-state index in [4.69, 9.17) is 23.4 Å². The highest BCUT2D eigenvalue weighted by molar-refractivity contribution is 6.99. The normalized spacial score (nSPS) is 25.1. The SMILES string of the molecule is C=CCCC1[C@H](OCc2ccccc2)C(=O)O[C@@]1(CO[Si](c1ccccc1)(c1ccccc1)C(C)(C)C)[C@H]1COC(C)(C)O1. The van der Waals surface area contributed by atoms with Gasteiger partial charge in [-0.2, -0.15) is 0 Å². The van der Waals surface area contributed by atoms with Crippen LogP contribution in [0.3, 0.4) is 0 Å². The smallest absolute Gasteiger partial charge is 0.336 e. The molecule has 4 atom stereocenters. The van der Waals surface area contributed by atoms with Gasteiger partial charge in [-0.25, -0.2) is 4.79 Å². The van der Waals surface area contributed by atoms with E-state index in [-0.39, 0.29) is 24.2 Å². The summed E-state index contributed by atoms with van der Waals surface area (Å²) in [7, 11) is -2.98. The molecule has 5 rings (SSSR count). The van der Waals surface area contributed by atoms with Crippen LogP contribution in [0.4, 0.5) is 0 Å². The van der Waals surface area contributed by atoms with E-state index >= 15 is 0 Å². The van der Waals surface area contributed by atoms with Crippen LogP contribution in [0.1, 0.15) is 53.0 Å². The number of rotatable bonds is 12. The van der Waals surface area contributed by atoms with Crippen molar-refractivity contribution in [2.75, 3.05) is 13.2 Å². The number of benzene rings is 3. The van der Waals surface area contributed by atoms with E-state index < -0.39 is 37.9 Å². The molecular formula is C37H46O6Si. The van der Waals surface area contributed by atoms with Crippen LogP contribution in [0.2, 0.25) is 5.04 Å². The molecule has 0 bridgehead atoms. The van der Waals surface area contributed by atoms with Gasteiger partial charge in [0.25, 0.3) is 8.32 Å². The summed E-state index contributed by atoms with van der Waals surface area (Å²) in [5.74, 6) is -1.57. The van der Waals surface area contributed by atoms with Gasteiger partial charge in [0.2, 0.25) is 0 Å². The third-order valence-corrected chi connectivity index (χ3v) is 13.9. The number of hydrogen-bond donors (Lipinski definition) is 0. The highest BCUT2D eigenvalue weighted by atomic mass is 28.4. The van der Waals surface area contributed by atoms with Gasteiger partial charge in [0.15, 0.2) is 17.5 Å². The molecule has 0 spiro atoms. The molecular weight excluding hydrogens is 568 g/mol. The quantitative estimate of drug-likeness (QED) is 0.138. The van der Waals surface area contributed by atoms with Gasteiger partial charge in [0, 0.05) is 5.92 Å². The standard InChI is InChI=1S/C37H46O6Si/c1-7-8-24-31-33(39-25-28-18-12-9-13-19-28)34(38)43-37(31,32-26-40-36(5,6)42-32)27-41-44(35(2,3)4,29-20-14-10-15-21-29)30-22-16-11-17-23-30/h7,9-23,31-33H,1,8,24-27H2,2-6H3/t31?,32-,33+,37-/m1/s1. The average Bonchev–Trinajstić information content (AvgIpc) is 3.52. The van der Waals surface area contributed by atoms with Crippen molar-refractivity contribution in [3.05, 3.63) is 109 Å². The molecule has 6 nitrogen and oxygen atoms in total. The average molecular weight is 615 g/mol. The van der Waals surface area contributed by atoms with Crippen LogP contribution in [0.15, 0.2) is 104 Å². The summed E-state index contributed by atoms with van der Waals surface area (Å²) in [5.41, 5.74) is -0.146. The predicted octanol–water partition coefficient (Wildman–Crippen LogP) is 6.18. The molecule has 2 fully saturated rings. The Kier molecular flexibility index (Phi) is 9.63. The topological polar surface area (TPSA) is 63.2 Å². The summed E-state index contributed by atoms with van der Waals surface area (Å²) in [6.07, 6.45) is 1.86. The summed E-state index contributed by atoms with van der Waals surface area (Å²) >= 11 is 0. The minimum atomic E-state index is -2.98. The molecule has 3 aromatic rings. The van der Waals surface area contributed by atoms with E-state index in [0.717, 1.165) is 15.9 Å². The van der Waals surface area contributed by atoms with Gasteiger partial charge in [0.1, 0.15) is 6.10 Å². The van der Waals surface area contributed by atoms with Crippen LogP contribution in [0.5, 0.6) is 0 Å². The van der Waals surface area contributed by atoms with Gasteiger partial charge in [-0.05, 0) is 47.7 Å². The number of cyclic esters (lactones) is 1. The highest BCUT2D eigenvalue weighted by Gasteiger charge is 2.64. The number of carbonyl (C=O) groups excluding carboxylic acids is 1. The molecule has 1 unspecified atom stereocenters. The minimum Gasteiger partial charge on any atom is -0.451 e. The number of carbonyl (C=O) groups is 1. The Morgan fingerprint density at radius 2 is 1.50 bits per heavy atom. The van der Waals surface area contributed by atoms with Crippen molar-refractivity contribution >= 4 is 24.7 Å². The van der Waals surface area contributed by atoms with Crippen molar-refractivity contribution in [3.63, 3.8) is 0 Å². The third kappa shape index (κ3) is 6.35. The summed E-state index contributed by atoms with van der Waals surface area (Å²) in [6, 6.07) is 30.9. The zero-order chi connectivity index (χ0) is 31.4. The molecule has 0 aromatic heterocycles. The van der Waals surface area contributed by atoms with E-state index in [2.05, 4.69) is 75.9 Å². The number of esters is 1. The van der Waals surface area contributed by atoms with Crippen molar-refractivity contribution in [3.8, 4) is 0 Å². The second kappa shape index (κ2) is 13.1. The molecule has 2 saturated heterocycles. The molecule has 2 aliphatic rings. The van der Waals surface area contributed by atoms with Crippen molar-refractivity contribution in [1.29, 1.82) is 0 Å². The van der Waals surface area contributed by atoms with Crippen molar-refractivity contribution in [2.45, 2.75) is 82.7 Å². The Morgan fingerprint density at radius 3 is 2.00 bits per heavy atom. The molecule has 0 aliphatic carbocycles. The molecule has 2 aliphatic heterocycles. The maximum atomic E-state index is 13.9. The molecule has 3 aromatic carbocycles. The Morgan fingerprint density at radius 1 is 0.932 bits per heavy atom. The van der Waals surface area contributed by atoms with Crippen LogP contribution in [-0.4, -0.2) is 51.1 Å². The van der Waals surface area contributed by atoms with Crippen LogP contribution in [-0.2, 0) is 34.8 Å². The fourth-order valence-electron chi connectivity index (χ4n) is 6.82. The maximum absolute atomic E-state index is 13.9. The van der Waals surface area contributed by atoms with Gasteiger partial charge >= 0.3 is 5.97 Å². The molecule has 0 saturated carbocycles. The number of hydrogen-bond acceptors (Lipinski definition) is 6. The van der Waals surface area contributed by atoms with Gasteiger partial charge in [0.05, 0.1) is 19.8 Å². The zero-order valence-corrected chi connectivity index (χ0v) is 27.7. The van der Waals surface area contributed by atoms with Crippen LogP contribution < -0.4 is 10.4 Å². The Hall–Kier alpha value is -3.07. The van der Waals surface area contributed by atoms with Gasteiger partial charge in [-0.15, -0.1) is 6.58 Å². The highest BCUT2D eigenvalue weighted by Crippen LogP contribution is 2.47. The minimum absolute atomic E-state index is 0.142. The molecule has 234 valence electrons. The lowest BCUT2D eigenvalue weighted by Gasteiger charge is -2.46. The van der Waals surface area contributed by atoms with Gasteiger partial charge in [-0.1, -0.05) is 118 Å². The van der Waals surface area contributed by atoms with Crippen LogP contribution in [0.25, 0.3) is 0 Å². The lowest BCUT2D eigenvalue weighted by atomic mass is 9.79. The number of allylic oxidation sites excluding steroid dienone is 1. The summed E-state index contributed by atoms with van der Waals surface area (Å²) in [4.78, 5) is 13.9. The molecule has 7 heteroatoms. The van der Waals surface area contributed by atoms with Gasteiger partial charge < -0.3 is 23.4 Å². The third-order valence-electron chi connectivity index (χ3n) is 8.95. The second-order valence-corrected chi connectivity index (χ2v) is 17.6. The molecule has 0 amide bonds. The Labute approximate surface area is 263 Å². The molecule has 0 radical (unpaired) electrons. The first-order chi connectivity index (χ1) is 21.0. The first-order valence-corrected chi connectivity index (χ1v) is 17.5. The van der Waals surface area contributed by atoms with Crippen molar-refractivity contribution in [2.24, 2.45) is 5.92 Å². The summed E-state index contributed by atoms with van der Waals surface area (Å²) in [5, 5.41) is 2.05. The van der Waals surface area contributed by atoms with Crippen LogP contribution >= 0.6 is 0 Å². The van der Waals surface area contributed by atoms with Crippen molar-refractivity contribution < 1.29 is 28.2 Å². The predicted molar refractivity (Wildman–Crippen MR) is 175 cm³/mol. The molecule has 44 heavy (non-hydrogen) atoms. The second-order valence-electron chi connectivity index (χ2n) is 13.3.